The van der Waals surface area contributed by atoms with Crippen LogP contribution in [0, 0.1) is 0 Å². The summed E-state index contributed by atoms with van der Waals surface area (Å²) < 4.78 is 5.94. The lowest BCUT2D eigenvalue weighted by molar-refractivity contribution is -0.155. The fourth-order valence-electron chi connectivity index (χ4n) is 3.58. The molecule has 31 heavy (non-hydrogen) atoms. The van der Waals surface area contributed by atoms with Gasteiger partial charge in [0.05, 0.1) is 0 Å². The first kappa shape index (κ1) is 22.4. The third-order valence-corrected chi connectivity index (χ3v) is 5.29. The average molecular weight is 440 g/mol. The molecule has 0 radical (unpaired) electrons. The molecule has 2 aliphatic heterocycles. The van der Waals surface area contributed by atoms with Crippen LogP contribution < -0.4 is 17.0 Å². The highest BCUT2D eigenvalue weighted by molar-refractivity contribution is 5.92. The van der Waals surface area contributed by atoms with Crippen molar-refractivity contribution in [1.29, 1.82) is 0 Å². The Hall–Kier alpha value is -3.33. The van der Waals surface area contributed by atoms with Crippen LogP contribution in [0.3, 0.4) is 0 Å². The van der Waals surface area contributed by atoms with Crippen molar-refractivity contribution in [3.05, 3.63) is 44.2 Å². The van der Waals surface area contributed by atoms with Gasteiger partial charge in [0.25, 0.3) is 5.56 Å². The highest BCUT2D eigenvalue weighted by Crippen LogP contribution is 2.32. The number of aliphatic carboxylic acids is 1. The predicted octanol–water partition coefficient (Wildman–Crippen LogP) is -3.58. The summed E-state index contributed by atoms with van der Waals surface area (Å²) in [5.74, 6) is -3.79. The minimum Gasteiger partial charge on any atom is -0.479 e. The number of carbonyl (C=O) groups is 3. The highest BCUT2D eigenvalue weighted by atomic mass is 16.6. The van der Waals surface area contributed by atoms with Gasteiger partial charge >= 0.3 is 17.6 Å². The van der Waals surface area contributed by atoms with Crippen molar-refractivity contribution >= 4 is 17.8 Å². The molecular weight excluding hydrogens is 420 g/mol. The second-order valence-corrected chi connectivity index (χ2v) is 7.08. The molecule has 2 saturated heterocycles. The number of hydrogen-bond donors (Lipinski definition) is 6. The predicted molar refractivity (Wildman–Crippen MR) is 99.1 cm³/mol. The number of amides is 1. The summed E-state index contributed by atoms with van der Waals surface area (Å²) in [4.78, 5) is 61.6. The van der Waals surface area contributed by atoms with Crippen LogP contribution in [-0.4, -0.2) is 89.7 Å². The summed E-state index contributed by atoms with van der Waals surface area (Å²) >= 11 is 0. The number of nitrogens with one attached hydrogen (secondary N) is 1. The lowest BCUT2D eigenvalue weighted by atomic mass is 9.92. The first-order valence-electron chi connectivity index (χ1n) is 9.03. The first-order chi connectivity index (χ1) is 14.5. The van der Waals surface area contributed by atoms with Crippen molar-refractivity contribution in [1.82, 2.24) is 14.5 Å². The molecule has 2 fully saturated rings. The van der Waals surface area contributed by atoms with Gasteiger partial charge in [0.1, 0.15) is 29.9 Å². The van der Waals surface area contributed by atoms with Crippen LogP contribution in [0.15, 0.2) is 27.4 Å². The van der Waals surface area contributed by atoms with E-state index in [4.69, 9.17) is 15.6 Å². The van der Waals surface area contributed by atoms with E-state index in [0.717, 1.165) is 4.90 Å². The number of aliphatic hydroxyl groups excluding tert-OH is 2. The number of aromatic nitrogens is 2. The Morgan fingerprint density at radius 2 is 1.90 bits per heavy atom. The van der Waals surface area contributed by atoms with Crippen molar-refractivity contribution in [3.63, 3.8) is 0 Å². The molecule has 6 atom stereocenters. The lowest BCUT2D eigenvalue weighted by Crippen LogP contribution is -2.63. The first-order valence-corrected chi connectivity index (χ1v) is 9.03. The summed E-state index contributed by atoms with van der Waals surface area (Å²) in [6, 6.07) is -2.82. The number of carboxylic acids is 2. The van der Waals surface area contributed by atoms with E-state index >= 15 is 0 Å². The average Bonchev–Trinajstić information content (AvgIpc) is 2.95. The standard InChI is InChI=1S/C17H20N4O10/c1-2-5-3-20(8(5)16(28)29)13(25)7(18)11-9(22)10(23)14(31-11)21-4-6(15(26)27)12(24)19-17(21)30/h2,4,7-11,14,22-23H,3,18H2,1H3,(H,26,27)(H,28,29)(H,19,24,30)/b5-2+/t7-,8-,9-,10+,11+,14+/m0/s1. The molecule has 14 nitrogen and oxygen atoms in total. The third kappa shape index (κ3) is 3.65. The third-order valence-electron chi connectivity index (χ3n) is 5.29. The van der Waals surface area contributed by atoms with Crippen molar-refractivity contribution in [2.45, 2.75) is 43.5 Å². The number of likely N-dealkylation sites (tertiary alicyclic amines) is 1. The van der Waals surface area contributed by atoms with Crippen LogP contribution in [0.4, 0.5) is 0 Å². The van der Waals surface area contributed by atoms with Gasteiger partial charge in [-0.15, -0.1) is 0 Å². The molecule has 1 amide bonds. The number of nitrogens with two attached hydrogens (primary N) is 1. The molecular formula is C17H20N4O10. The molecule has 0 saturated carbocycles. The summed E-state index contributed by atoms with van der Waals surface area (Å²) in [5.41, 5.74) is 3.24. The SMILES string of the molecule is C/C=C1\CN(C(=O)[C@@H](N)[C@H]2O[C@@H](n3cc(C(=O)O)c(=O)[nH]c3=O)[C@H](O)[C@@H]2O)[C@@H]1C(=O)O. The number of hydrogen-bond acceptors (Lipinski definition) is 9. The lowest BCUT2D eigenvalue weighted by Gasteiger charge is -2.42. The van der Waals surface area contributed by atoms with Gasteiger partial charge in [-0.05, 0) is 12.5 Å². The van der Waals surface area contributed by atoms with E-state index in [0.29, 0.717) is 16.3 Å². The van der Waals surface area contributed by atoms with Gasteiger partial charge in [-0.3, -0.25) is 19.1 Å². The Kier molecular flexibility index (Phi) is 5.82. The zero-order valence-electron chi connectivity index (χ0n) is 16.0. The number of aromatic carboxylic acids is 1. The quantitative estimate of drug-likeness (QED) is 0.245. The molecule has 0 spiro atoms. The zero-order valence-corrected chi connectivity index (χ0v) is 16.0. The van der Waals surface area contributed by atoms with Crippen LogP contribution in [0.1, 0.15) is 23.5 Å². The zero-order chi connectivity index (χ0) is 23.2. The maximum absolute atomic E-state index is 12.7. The van der Waals surface area contributed by atoms with E-state index in [-0.39, 0.29) is 6.54 Å². The molecule has 14 heteroatoms. The number of H-pyrrole nitrogens is 1. The van der Waals surface area contributed by atoms with Crippen molar-refractivity contribution < 1.29 is 39.5 Å². The Balaban J connectivity index is 1.86. The molecule has 1 aromatic rings. The van der Waals surface area contributed by atoms with Crippen LogP contribution in [0.25, 0.3) is 0 Å². The molecule has 7 N–H and O–H groups in total. The molecule has 0 bridgehead atoms. The molecule has 0 unspecified atom stereocenters. The number of nitrogens with zero attached hydrogens (tertiary/aromatic N) is 2. The fourth-order valence-corrected chi connectivity index (χ4v) is 3.58. The van der Waals surface area contributed by atoms with Crippen molar-refractivity contribution in [2.75, 3.05) is 6.54 Å². The number of carboxylic acid groups (broad SMARTS) is 2. The number of ether oxygens (including phenoxy) is 1. The normalized spacial score (nSPS) is 30.1. The number of carbonyl (C=O) groups excluding carboxylic acids is 1. The molecule has 168 valence electrons. The van der Waals surface area contributed by atoms with E-state index in [2.05, 4.69) is 0 Å². The van der Waals surface area contributed by atoms with Crippen LogP contribution in [0.2, 0.25) is 0 Å². The number of allylic oxidation sites excluding steroid dienone is 1. The second kappa shape index (κ2) is 8.07. The largest absolute Gasteiger partial charge is 0.479 e. The van der Waals surface area contributed by atoms with Crippen molar-refractivity contribution in [3.8, 4) is 0 Å². The van der Waals surface area contributed by atoms with E-state index in [1.165, 1.54) is 0 Å². The van der Waals surface area contributed by atoms with E-state index in [1.54, 1.807) is 18.0 Å². The Labute approximate surface area is 172 Å². The molecule has 0 aliphatic carbocycles. The van der Waals surface area contributed by atoms with Gasteiger partial charge in [0.2, 0.25) is 5.91 Å². The topological polar surface area (TPSA) is 225 Å². The number of rotatable bonds is 5. The van der Waals surface area contributed by atoms with Crippen LogP contribution in [-0.2, 0) is 14.3 Å². The molecule has 3 rings (SSSR count). The molecule has 1 aromatic heterocycles. The summed E-state index contributed by atoms with van der Waals surface area (Å²) in [6.07, 6.45) is -4.62. The second-order valence-electron chi connectivity index (χ2n) is 7.08. The Bertz CT molecular complexity index is 1080. The summed E-state index contributed by atoms with van der Waals surface area (Å²) in [7, 11) is 0. The van der Waals surface area contributed by atoms with Gasteiger partial charge < -0.3 is 35.8 Å². The van der Waals surface area contributed by atoms with Crippen LogP contribution >= 0.6 is 0 Å². The van der Waals surface area contributed by atoms with E-state index in [9.17, 15) is 39.3 Å². The summed E-state index contributed by atoms with van der Waals surface area (Å²) in [5, 5.41) is 39.0. The maximum atomic E-state index is 12.7. The van der Waals surface area contributed by atoms with Gasteiger partial charge in [-0.25, -0.2) is 14.4 Å². The Morgan fingerprint density at radius 3 is 2.45 bits per heavy atom. The van der Waals surface area contributed by atoms with Crippen LogP contribution in [0.5, 0.6) is 0 Å². The van der Waals surface area contributed by atoms with Gasteiger partial charge in [0, 0.05) is 12.7 Å². The van der Waals surface area contributed by atoms with E-state index < -0.39 is 71.3 Å². The van der Waals surface area contributed by atoms with Gasteiger partial charge in [-0.1, -0.05) is 6.08 Å². The summed E-state index contributed by atoms with van der Waals surface area (Å²) in [6.45, 7) is 1.63. The Morgan fingerprint density at radius 1 is 1.26 bits per heavy atom. The molecule has 0 aromatic carbocycles. The molecule has 2 aliphatic rings. The molecule has 3 heterocycles. The monoisotopic (exact) mass is 440 g/mol. The minimum absolute atomic E-state index is 0.0101. The van der Waals surface area contributed by atoms with Gasteiger partial charge in [0.15, 0.2) is 12.3 Å². The van der Waals surface area contributed by atoms with Gasteiger partial charge in [-0.2, -0.15) is 0 Å². The van der Waals surface area contributed by atoms with Crippen molar-refractivity contribution in [2.24, 2.45) is 5.73 Å². The minimum atomic E-state index is -1.81. The highest BCUT2D eigenvalue weighted by Gasteiger charge is 2.51. The fraction of sp³-hybridized carbons (Fsp3) is 0.471. The number of aliphatic hydroxyl groups is 2. The number of aromatic amines is 1. The maximum Gasteiger partial charge on any atom is 0.342 e. The smallest absolute Gasteiger partial charge is 0.342 e. The van der Waals surface area contributed by atoms with E-state index in [1.807, 2.05) is 0 Å².